The van der Waals surface area contributed by atoms with Crippen LogP contribution in [-0.2, 0) is 19.1 Å². The zero-order valence-electron chi connectivity index (χ0n) is 12.5. The van der Waals surface area contributed by atoms with Crippen molar-refractivity contribution in [3.63, 3.8) is 0 Å². The van der Waals surface area contributed by atoms with Gasteiger partial charge in [-0.05, 0) is 12.5 Å². The Morgan fingerprint density at radius 1 is 1.33 bits per heavy atom. The third-order valence-electron chi connectivity index (χ3n) is 2.85. The predicted octanol–water partition coefficient (Wildman–Crippen LogP) is 1.95. The quantitative estimate of drug-likeness (QED) is 0.542. The van der Waals surface area contributed by atoms with Crippen molar-refractivity contribution in [3.8, 4) is 0 Å². The molecular weight excluding hydrogens is 270 g/mol. The van der Waals surface area contributed by atoms with Crippen molar-refractivity contribution in [1.82, 2.24) is 4.90 Å². The van der Waals surface area contributed by atoms with Crippen molar-refractivity contribution in [2.45, 2.75) is 13.0 Å². The van der Waals surface area contributed by atoms with Gasteiger partial charge in [-0.15, -0.1) is 6.58 Å². The smallest absolute Gasteiger partial charge is 0.325 e. The second-order valence-corrected chi connectivity index (χ2v) is 4.34. The molecule has 1 rings (SSSR count). The molecule has 1 aromatic rings. The minimum Gasteiger partial charge on any atom is -0.465 e. The fourth-order valence-electron chi connectivity index (χ4n) is 1.92. The molecule has 0 aliphatic heterocycles. The highest BCUT2D eigenvalue weighted by Crippen LogP contribution is 2.19. The Morgan fingerprint density at radius 2 is 2.00 bits per heavy atom. The average molecular weight is 291 g/mol. The minimum atomic E-state index is -0.749. The highest BCUT2D eigenvalue weighted by Gasteiger charge is 2.26. The summed E-state index contributed by atoms with van der Waals surface area (Å²) in [5.41, 5.74) is 0.739. The van der Waals surface area contributed by atoms with Crippen LogP contribution in [0.5, 0.6) is 0 Å². The molecule has 1 atom stereocenters. The van der Waals surface area contributed by atoms with E-state index in [9.17, 15) is 9.59 Å². The van der Waals surface area contributed by atoms with Gasteiger partial charge in [0.25, 0.3) is 5.91 Å². The zero-order chi connectivity index (χ0) is 15.7. The number of ether oxygens (including phenoxy) is 2. The lowest BCUT2D eigenvalue weighted by molar-refractivity contribution is -0.152. The van der Waals surface area contributed by atoms with Crippen LogP contribution < -0.4 is 0 Å². The number of carbonyl (C=O) groups is 2. The van der Waals surface area contributed by atoms with E-state index >= 15 is 0 Å². The van der Waals surface area contributed by atoms with E-state index in [1.165, 1.54) is 12.0 Å². The first-order valence-corrected chi connectivity index (χ1v) is 6.77. The number of hydrogen-bond acceptors (Lipinski definition) is 4. The van der Waals surface area contributed by atoms with Crippen molar-refractivity contribution < 1.29 is 19.1 Å². The number of esters is 1. The maximum absolute atomic E-state index is 12.5. The fraction of sp³-hybridized carbons (Fsp3) is 0.375. The monoisotopic (exact) mass is 291 g/mol. The minimum absolute atomic E-state index is 0.120. The molecule has 114 valence electrons. The summed E-state index contributed by atoms with van der Waals surface area (Å²) in [6.45, 7) is 5.74. The number of carbonyl (C=O) groups excluding carboxylic acids is 2. The molecule has 5 heteroatoms. The fourth-order valence-corrected chi connectivity index (χ4v) is 1.92. The molecule has 0 N–H and O–H groups in total. The first-order chi connectivity index (χ1) is 10.1. The average Bonchev–Trinajstić information content (AvgIpc) is 2.49. The molecule has 0 fully saturated rings. The molecule has 0 aliphatic rings. The normalized spacial score (nSPS) is 11.5. The molecular formula is C16H21NO4. The lowest BCUT2D eigenvalue weighted by Gasteiger charge is -2.25. The molecule has 0 aliphatic carbocycles. The molecule has 0 heterocycles. The van der Waals surface area contributed by atoms with Gasteiger partial charge in [0.15, 0.2) is 6.10 Å². The van der Waals surface area contributed by atoms with Gasteiger partial charge in [0.05, 0.1) is 6.61 Å². The number of nitrogens with zero attached hydrogens (tertiary/aromatic N) is 1. The summed E-state index contributed by atoms with van der Waals surface area (Å²) in [5.74, 6) is -0.743. The largest absolute Gasteiger partial charge is 0.465 e. The number of rotatable bonds is 8. The van der Waals surface area contributed by atoms with Gasteiger partial charge < -0.3 is 14.4 Å². The van der Waals surface area contributed by atoms with Crippen molar-refractivity contribution in [2.24, 2.45) is 0 Å². The Morgan fingerprint density at radius 3 is 2.52 bits per heavy atom. The molecule has 5 nitrogen and oxygen atoms in total. The summed E-state index contributed by atoms with van der Waals surface area (Å²) in [5, 5.41) is 0. The standard InChI is InChI=1S/C16H21NO4/c1-4-11-17(12-14(18)21-5-2)16(19)15(20-3)13-9-7-6-8-10-13/h4,6-10,15H,1,5,11-12H2,2-3H3. The van der Waals surface area contributed by atoms with Gasteiger partial charge >= 0.3 is 5.97 Å². The number of benzene rings is 1. The van der Waals surface area contributed by atoms with Crippen LogP contribution in [0.2, 0.25) is 0 Å². The Bertz CT molecular complexity index is 472. The van der Waals surface area contributed by atoms with Gasteiger partial charge in [0.1, 0.15) is 6.54 Å². The molecule has 0 saturated carbocycles. The van der Waals surface area contributed by atoms with E-state index in [-0.39, 0.29) is 25.6 Å². The third kappa shape index (κ3) is 5.04. The predicted molar refractivity (Wildman–Crippen MR) is 79.6 cm³/mol. The van der Waals surface area contributed by atoms with E-state index in [0.29, 0.717) is 0 Å². The van der Waals surface area contributed by atoms with Gasteiger partial charge in [0, 0.05) is 13.7 Å². The van der Waals surface area contributed by atoms with Crippen LogP contribution in [0.4, 0.5) is 0 Å². The summed E-state index contributed by atoms with van der Waals surface area (Å²) in [4.78, 5) is 25.5. The number of methoxy groups -OCH3 is 1. The van der Waals surface area contributed by atoms with E-state index in [1.54, 1.807) is 13.0 Å². The maximum atomic E-state index is 12.5. The Balaban J connectivity index is 2.87. The zero-order valence-corrected chi connectivity index (χ0v) is 12.5. The van der Waals surface area contributed by atoms with Gasteiger partial charge in [-0.25, -0.2) is 0 Å². The molecule has 1 amide bonds. The van der Waals surface area contributed by atoms with Crippen LogP contribution in [0.15, 0.2) is 43.0 Å². The second-order valence-electron chi connectivity index (χ2n) is 4.34. The van der Waals surface area contributed by atoms with Gasteiger partial charge in [0.2, 0.25) is 0 Å². The molecule has 0 radical (unpaired) electrons. The second kappa shape index (κ2) is 8.92. The molecule has 21 heavy (non-hydrogen) atoms. The van der Waals surface area contributed by atoms with Crippen molar-refractivity contribution in [2.75, 3.05) is 26.8 Å². The van der Waals surface area contributed by atoms with E-state index in [0.717, 1.165) is 5.56 Å². The highest BCUT2D eigenvalue weighted by atomic mass is 16.5. The third-order valence-corrected chi connectivity index (χ3v) is 2.85. The maximum Gasteiger partial charge on any atom is 0.325 e. The van der Waals surface area contributed by atoms with Crippen LogP contribution in [0, 0.1) is 0 Å². The SMILES string of the molecule is C=CCN(CC(=O)OCC)C(=O)C(OC)c1ccccc1. The number of amides is 1. The van der Waals surface area contributed by atoms with E-state index in [4.69, 9.17) is 9.47 Å². The summed E-state index contributed by atoms with van der Waals surface area (Å²) in [6.07, 6.45) is 0.815. The van der Waals surface area contributed by atoms with Gasteiger partial charge in [-0.2, -0.15) is 0 Å². The van der Waals surface area contributed by atoms with E-state index < -0.39 is 12.1 Å². The summed E-state index contributed by atoms with van der Waals surface area (Å²) < 4.78 is 10.2. The van der Waals surface area contributed by atoms with Crippen LogP contribution in [0.25, 0.3) is 0 Å². The number of hydrogen-bond donors (Lipinski definition) is 0. The summed E-state index contributed by atoms with van der Waals surface area (Å²) >= 11 is 0. The van der Waals surface area contributed by atoms with Crippen LogP contribution in [0.1, 0.15) is 18.6 Å². The van der Waals surface area contributed by atoms with Crippen molar-refractivity contribution >= 4 is 11.9 Å². The lowest BCUT2D eigenvalue weighted by Crippen LogP contribution is -2.40. The Kier molecular flexibility index (Phi) is 7.18. The van der Waals surface area contributed by atoms with Crippen molar-refractivity contribution in [3.05, 3.63) is 48.6 Å². The van der Waals surface area contributed by atoms with Gasteiger partial charge in [-0.1, -0.05) is 36.4 Å². The molecule has 0 saturated heterocycles. The first-order valence-electron chi connectivity index (χ1n) is 6.77. The topological polar surface area (TPSA) is 55.8 Å². The molecule has 1 aromatic carbocycles. The Hall–Kier alpha value is -2.14. The highest BCUT2D eigenvalue weighted by molar-refractivity contribution is 5.86. The molecule has 1 unspecified atom stereocenters. The van der Waals surface area contributed by atoms with Crippen molar-refractivity contribution in [1.29, 1.82) is 0 Å². The molecule has 0 spiro atoms. The van der Waals surface area contributed by atoms with Gasteiger partial charge in [-0.3, -0.25) is 9.59 Å². The Labute approximate surface area is 125 Å². The van der Waals surface area contributed by atoms with E-state index in [1.807, 2.05) is 30.3 Å². The first kappa shape index (κ1) is 16.9. The van der Waals surface area contributed by atoms with E-state index in [2.05, 4.69) is 6.58 Å². The van der Waals surface area contributed by atoms with Crippen LogP contribution in [-0.4, -0.2) is 43.6 Å². The summed E-state index contributed by atoms with van der Waals surface area (Å²) in [6, 6.07) is 9.14. The molecule has 0 bridgehead atoms. The lowest BCUT2D eigenvalue weighted by atomic mass is 10.1. The summed E-state index contributed by atoms with van der Waals surface area (Å²) in [7, 11) is 1.46. The molecule has 0 aromatic heterocycles. The van der Waals surface area contributed by atoms with Crippen LogP contribution >= 0.6 is 0 Å². The van der Waals surface area contributed by atoms with Crippen LogP contribution in [0.3, 0.4) is 0 Å².